The zero-order valence-corrected chi connectivity index (χ0v) is 39.6. The van der Waals surface area contributed by atoms with Crippen molar-refractivity contribution in [1.82, 2.24) is 0 Å². The van der Waals surface area contributed by atoms with Gasteiger partial charge in [0.25, 0.3) is 0 Å². The number of rotatable bonds is 9. The minimum atomic E-state index is -2.07. The monoisotopic (exact) mass is 943 g/mol. The molecule has 3 aliphatic heterocycles. The summed E-state index contributed by atoms with van der Waals surface area (Å²) in [6, 6.07) is 0. The molecule has 18 heteroatoms. The van der Waals surface area contributed by atoms with Crippen molar-refractivity contribution in [2.45, 2.75) is 211 Å². The van der Waals surface area contributed by atoms with E-state index in [0.29, 0.717) is 30.6 Å². The Morgan fingerprint density at radius 3 is 1.92 bits per heavy atom. The summed E-state index contributed by atoms with van der Waals surface area (Å²) in [7, 11) is 0. The van der Waals surface area contributed by atoms with Gasteiger partial charge in [-0.05, 0) is 104 Å². The van der Waals surface area contributed by atoms with Crippen LogP contribution in [-0.2, 0) is 33.2 Å². The maximum Gasteiger partial charge on any atom is 0.335 e. The van der Waals surface area contributed by atoms with Gasteiger partial charge in [-0.15, -0.1) is 0 Å². The second kappa shape index (κ2) is 18.0. The Bertz CT molecular complexity index is 1800. The molecule has 26 atom stereocenters. The van der Waals surface area contributed by atoms with Gasteiger partial charge in [0.15, 0.2) is 25.0 Å². The SMILES string of the molecule is CC1CC2(C)C(O)CC(C)(C)CC2C2=CCC3C(C)(CCC4C(C)(CO)C(OC5OC(C(=O)O)C(O)C(O)C5OC5OC(CO)C(O)C(O)C5OC5OC(C)C(O)C(O)C5O)CCC43C)C21. The summed E-state index contributed by atoms with van der Waals surface area (Å²) in [5.74, 6) is -0.425. The molecule has 66 heavy (non-hydrogen) atoms. The Hall–Kier alpha value is -1.43. The lowest BCUT2D eigenvalue weighted by Crippen LogP contribution is -2.68. The van der Waals surface area contributed by atoms with Crippen molar-refractivity contribution in [2.75, 3.05) is 13.2 Å². The van der Waals surface area contributed by atoms with E-state index in [1.54, 1.807) is 0 Å². The van der Waals surface area contributed by atoms with E-state index in [1.807, 2.05) is 6.92 Å². The molecule has 0 aromatic rings. The molecule has 11 N–H and O–H groups in total. The average Bonchev–Trinajstić information content (AvgIpc) is 3.25. The van der Waals surface area contributed by atoms with Gasteiger partial charge in [0.1, 0.15) is 61.0 Å². The smallest absolute Gasteiger partial charge is 0.335 e. The summed E-state index contributed by atoms with van der Waals surface area (Å²) >= 11 is 0. The van der Waals surface area contributed by atoms with Gasteiger partial charge in [0.2, 0.25) is 0 Å². The Labute approximate surface area is 387 Å². The summed E-state index contributed by atoms with van der Waals surface area (Å²) in [5, 5.41) is 120. The molecule has 4 saturated carbocycles. The molecule has 0 aromatic heterocycles. The first kappa shape index (κ1) is 50.9. The molecule has 5 aliphatic carbocycles. The fourth-order valence-electron chi connectivity index (χ4n) is 15.5. The number of hydrogen-bond donors (Lipinski definition) is 11. The molecule has 8 aliphatic rings. The van der Waals surface area contributed by atoms with Crippen LogP contribution in [0.2, 0.25) is 0 Å². The van der Waals surface area contributed by atoms with Crippen molar-refractivity contribution < 1.29 is 89.4 Å². The normalized spacial score (nSPS) is 55.9. The second-order valence-corrected chi connectivity index (χ2v) is 23.6. The molecule has 0 amide bonds. The van der Waals surface area contributed by atoms with Crippen molar-refractivity contribution in [3.05, 3.63) is 11.6 Å². The third-order valence-electron chi connectivity index (χ3n) is 18.9. The number of ether oxygens (including phenoxy) is 6. The Morgan fingerprint density at radius 1 is 0.667 bits per heavy atom. The van der Waals surface area contributed by atoms with Crippen molar-refractivity contribution in [1.29, 1.82) is 0 Å². The van der Waals surface area contributed by atoms with Crippen LogP contribution in [0.4, 0.5) is 0 Å². The molecule has 8 rings (SSSR count). The molecule has 18 nitrogen and oxygen atoms in total. The van der Waals surface area contributed by atoms with Gasteiger partial charge in [-0.3, -0.25) is 0 Å². The molecule has 0 bridgehead atoms. The van der Waals surface area contributed by atoms with Crippen LogP contribution in [0.5, 0.6) is 0 Å². The van der Waals surface area contributed by atoms with Gasteiger partial charge in [-0.1, -0.05) is 60.1 Å². The number of hydrogen-bond acceptors (Lipinski definition) is 17. The molecule has 0 spiro atoms. The third-order valence-corrected chi connectivity index (χ3v) is 18.9. The predicted octanol–water partition coefficient (Wildman–Crippen LogP) is 0.561. The van der Waals surface area contributed by atoms with Crippen LogP contribution in [0.3, 0.4) is 0 Å². The quantitative estimate of drug-likeness (QED) is 0.111. The fourth-order valence-corrected chi connectivity index (χ4v) is 15.5. The Balaban J connectivity index is 1.07. The number of carboxylic acid groups (broad SMARTS) is 1. The molecule has 3 heterocycles. The van der Waals surface area contributed by atoms with E-state index in [9.17, 15) is 61.0 Å². The van der Waals surface area contributed by atoms with Crippen LogP contribution in [0, 0.1) is 56.7 Å². The molecule has 3 saturated heterocycles. The van der Waals surface area contributed by atoms with Gasteiger partial charge >= 0.3 is 5.97 Å². The second-order valence-electron chi connectivity index (χ2n) is 23.6. The zero-order chi connectivity index (χ0) is 48.4. The van der Waals surface area contributed by atoms with Crippen molar-refractivity contribution in [2.24, 2.45) is 56.7 Å². The number of carboxylic acids is 1. The van der Waals surface area contributed by atoms with Gasteiger partial charge < -0.3 is 84.6 Å². The van der Waals surface area contributed by atoms with E-state index in [2.05, 4.69) is 47.6 Å². The number of fused-ring (bicyclic) bond motifs is 7. The highest BCUT2D eigenvalue weighted by molar-refractivity contribution is 5.73. The van der Waals surface area contributed by atoms with Crippen LogP contribution in [0.25, 0.3) is 0 Å². The van der Waals surface area contributed by atoms with Gasteiger partial charge in [-0.25, -0.2) is 4.79 Å². The van der Waals surface area contributed by atoms with Crippen LogP contribution in [-0.4, -0.2) is 180 Å². The van der Waals surface area contributed by atoms with Gasteiger partial charge in [0, 0.05) is 10.8 Å². The van der Waals surface area contributed by atoms with Crippen molar-refractivity contribution in [3.63, 3.8) is 0 Å². The lowest BCUT2D eigenvalue weighted by molar-refractivity contribution is -0.396. The molecular weight excluding hydrogens is 865 g/mol. The maximum atomic E-state index is 12.5. The van der Waals surface area contributed by atoms with E-state index in [0.717, 1.165) is 38.5 Å². The lowest BCUT2D eigenvalue weighted by atomic mass is 9.36. The Morgan fingerprint density at radius 2 is 1.29 bits per heavy atom. The summed E-state index contributed by atoms with van der Waals surface area (Å²) in [5.41, 5.74) is 0.114. The van der Waals surface area contributed by atoms with Crippen molar-refractivity contribution in [3.8, 4) is 0 Å². The third kappa shape index (κ3) is 8.06. The summed E-state index contributed by atoms with van der Waals surface area (Å²) in [4.78, 5) is 12.5. The highest BCUT2D eigenvalue weighted by Crippen LogP contribution is 2.73. The minimum Gasteiger partial charge on any atom is -0.479 e. The first-order valence-electron chi connectivity index (χ1n) is 24.3. The number of allylic oxidation sites excluding steroid dienone is 2. The van der Waals surface area contributed by atoms with Crippen LogP contribution in [0.15, 0.2) is 11.6 Å². The van der Waals surface area contributed by atoms with Crippen LogP contribution < -0.4 is 0 Å². The summed E-state index contributed by atoms with van der Waals surface area (Å²) in [6.45, 7) is 16.2. The zero-order valence-electron chi connectivity index (χ0n) is 39.6. The standard InChI is InChI=1S/C48H78O18/c1-20-15-47(7)23(16-44(3,4)17-27(47)51)22-9-10-25-45(5)14-12-28(48(8,19-50)26(45)11-13-46(25,6)29(20)22)63-43-39(35(57)34(56)37(64-43)40(59)60)66-42-38(33(55)31(53)24(18-49)62-42)65-41-36(58)32(54)30(52)21(2)61-41/h9,20-21,23-39,41-43,49-58H,10-19H2,1-8H3,(H,59,60). The molecule has 0 radical (unpaired) electrons. The predicted molar refractivity (Wildman–Crippen MR) is 230 cm³/mol. The molecule has 7 fully saturated rings. The fraction of sp³-hybridized carbons (Fsp3) is 0.938. The highest BCUT2D eigenvalue weighted by atomic mass is 16.8. The lowest BCUT2D eigenvalue weighted by Gasteiger charge is -2.69. The average molecular weight is 943 g/mol. The molecule has 0 aromatic carbocycles. The highest BCUT2D eigenvalue weighted by Gasteiger charge is 2.68. The topological polar surface area (TPSA) is 295 Å². The van der Waals surface area contributed by atoms with Gasteiger partial charge in [-0.2, -0.15) is 0 Å². The van der Waals surface area contributed by atoms with Crippen LogP contribution in [0.1, 0.15) is 107 Å². The van der Waals surface area contributed by atoms with Crippen LogP contribution >= 0.6 is 0 Å². The Kier molecular flexibility index (Phi) is 13.9. The first-order valence-corrected chi connectivity index (χ1v) is 24.3. The van der Waals surface area contributed by atoms with Crippen molar-refractivity contribution >= 4 is 5.97 Å². The van der Waals surface area contributed by atoms with E-state index in [-0.39, 0.29) is 46.2 Å². The summed E-state index contributed by atoms with van der Waals surface area (Å²) < 4.78 is 36.2. The van der Waals surface area contributed by atoms with E-state index in [1.165, 1.54) is 12.5 Å². The number of carbonyl (C=O) groups is 1. The summed E-state index contributed by atoms with van der Waals surface area (Å²) in [6.07, 6.45) is -18.5. The first-order chi connectivity index (χ1) is 30.8. The van der Waals surface area contributed by atoms with E-state index >= 15 is 0 Å². The van der Waals surface area contributed by atoms with E-state index in [4.69, 9.17) is 28.4 Å². The molecular formula is C48H78O18. The number of aliphatic carboxylic acids is 1. The molecule has 26 unspecified atom stereocenters. The largest absolute Gasteiger partial charge is 0.479 e. The number of aliphatic hydroxyl groups excluding tert-OH is 10. The minimum absolute atomic E-state index is 0.0234. The number of aliphatic hydroxyl groups is 10. The maximum absolute atomic E-state index is 12.5. The van der Waals surface area contributed by atoms with E-state index < -0.39 is 116 Å². The van der Waals surface area contributed by atoms with Gasteiger partial charge in [0.05, 0.1) is 31.5 Å². The molecule has 378 valence electrons.